The van der Waals surface area contributed by atoms with Crippen molar-refractivity contribution in [3.8, 4) is 0 Å². The van der Waals surface area contributed by atoms with Gasteiger partial charge in [-0.3, -0.25) is 19.7 Å². The first-order valence-corrected chi connectivity index (χ1v) is 8.25. The van der Waals surface area contributed by atoms with E-state index in [0.29, 0.717) is 10.4 Å². The maximum atomic E-state index is 11.9. The van der Waals surface area contributed by atoms with Crippen LogP contribution in [0.2, 0.25) is 0 Å². The molecule has 0 aliphatic rings. The van der Waals surface area contributed by atoms with E-state index in [9.17, 15) is 19.2 Å². The Hall–Kier alpha value is -3.00. The maximum absolute atomic E-state index is 11.9. The van der Waals surface area contributed by atoms with Crippen molar-refractivity contribution in [3.63, 3.8) is 0 Å². The fourth-order valence-electron chi connectivity index (χ4n) is 1.82. The highest BCUT2D eigenvalue weighted by atomic mass is 32.1. The molecular weight excluding hydrogens is 344 g/mol. The normalized spacial score (nSPS) is 11.2. The topological polar surface area (TPSA) is 102 Å². The van der Waals surface area contributed by atoms with Gasteiger partial charge in [-0.05, 0) is 30.5 Å². The number of nitrogens with one attached hydrogen (secondary N) is 2. The Balaban J connectivity index is 1.76. The average Bonchev–Trinajstić information content (AvgIpc) is 3.15. The molecule has 2 rings (SSSR count). The van der Waals surface area contributed by atoms with Gasteiger partial charge in [0.05, 0.1) is 4.88 Å². The maximum Gasteiger partial charge on any atom is 0.328 e. The van der Waals surface area contributed by atoms with Crippen molar-refractivity contribution < 1.29 is 23.9 Å². The number of esters is 1. The van der Waals surface area contributed by atoms with Gasteiger partial charge in [0.25, 0.3) is 17.7 Å². The highest BCUT2D eigenvalue weighted by Gasteiger charge is 2.19. The summed E-state index contributed by atoms with van der Waals surface area (Å²) in [5.74, 6) is -2.50. The first kappa shape index (κ1) is 18.3. The summed E-state index contributed by atoms with van der Waals surface area (Å²) in [6.07, 6.45) is 0. The Morgan fingerprint density at radius 1 is 1.04 bits per heavy atom. The zero-order valence-electron chi connectivity index (χ0n) is 13.4. The van der Waals surface area contributed by atoms with Crippen LogP contribution in [0.4, 0.5) is 0 Å². The molecule has 1 atom stereocenters. The molecule has 1 aromatic carbocycles. The van der Waals surface area contributed by atoms with E-state index < -0.39 is 36.3 Å². The third-order valence-electron chi connectivity index (χ3n) is 3.08. The number of thiophene rings is 1. The van der Waals surface area contributed by atoms with Gasteiger partial charge in [-0.2, -0.15) is 0 Å². The second-order valence-corrected chi connectivity index (χ2v) is 5.97. The number of hydrogen-bond acceptors (Lipinski definition) is 6. The molecule has 0 bridgehead atoms. The molecular formula is C17H16N2O5S. The number of benzene rings is 1. The van der Waals surface area contributed by atoms with E-state index in [0.717, 1.165) is 0 Å². The van der Waals surface area contributed by atoms with Crippen LogP contribution in [0.1, 0.15) is 27.0 Å². The molecule has 0 saturated carbocycles. The van der Waals surface area contributed by atoms with Crippen LogP contribution in [0.25, 0.3) is 0 Å². The van der Waals surface area contributed by atoms with Gasteiger partial charge in [0.1, 0.15) is 6.04 Å². The molecule has 130 valence electrons. The lowest BCUT2D eigenvalue weighted by Gasteiger charge is -2.13. The summed E-state index contributed by atoms with van der Waals surface area (Å²) in [5, 5.41) is 6.29. The molecule has 0 aliphatic carbocycles. The zero-order chi connectivity index (χ0) is 18.2. The van der Waals surface area contributed by atoms with Crippen LogP contribution in [0.3, 0.4) is 0 Å². The third-order valence-corrected chi connectivity index (χ3v) is 3.95. The number of imide groups is 1. The lowest BCUT2D eigenvalue weighted by molar-refractivity contribution is -0.149. The minimum atomic E-state index is -0.937. The molecule has 1 aromatic heterocycles. The first-order chi connectivity index (χ1) is 12.0. The molecule has 2 aromatic rings. The van der Waals surface area contributed by atoms with Gasteiger partial charge < -0.3 is 10.1 Å². The number of amides is 3. The van der Waals surface area contributed by atoms with Crippen LogP contribution in [0.5, 0.6) is 0 Å². The Kier molecular flexibility index (Phi) is 6.41. The zero-order valence-corrected chi connectivity index (χ0v) is 14.2. The molecule has 8 heteroatoms. The molecule has 25 heavy (non-hydrogen) atoms. The first-order valence-electron chi connectivity index (χ1n) is 7.37. The van der Waals surface area contributed by atoms with Gasteiger partial charge in [0.2, 0.25) is 0 Å². The van der Waals surface area contributed by atoms with Crippen LogP contribution in [-0.2, 0) is 14.3 Å². The molecule has 0 saturated heterocycles. The van der Waals surface area contributed by atoms with Crippen molar-refractivity contribution in [1.29, 1.82) is 0 Å². The van der Waals surface area contributed by atoms with Crippen LogP contribution in [-0.4, -0.2) is 36.3 Å². The van der Waals surface area contributed by atoms with Gasteiger partial charge in [0, 0.05) is 5.56 Å². The molecule has 0 fully saturated rings. The van der Waals surface area contributed by atoms with E-state index in [1.807, 2.05) is 0 Å². The monoisotopic (exact) mass is 360 g/mol. The summed E-state index contributed by atoms with van der Waals surface area (Å²) in [7, 11) is 0. The van der Waals surface area contributed by atoms with Gasteiger partial charge in [0.15, 0.2) is 6.61 Å². The molecule has 3 amide bonds. The molecule has 0 unspecified atom stereocenters. The molecule has 0 spiro atoms. The third kappa shape index (κ3) is 5.54. The lowest BCUT2D eigenvalue weighted by atomic mass is 10.2. The van der Waals surface area contributed by atoms with Gasteiger partial charge in [-0.25, -0.2) is 4.79 Å². The molecule has 0 radical (unpaired) electrons. The van der Waals surface area contributed by atoms with Crippen LogP contribution >= 0.6 is 11.3 Å². The van der Waals surface area contributed by atoms with Crippen LogP contribution in [0.15, 0.2) is 47.8 Å². The number of rotatable bonds is 6. The standard InChI is InChI=1S/C17H16N2O5S/c1-11(18-15(21)12-6-3-2-4-7-12)17(23)24-10-14(20)19-16(22)13-8-5-9-25-13/h2-9,11H,10H2,1H3,(H,18,21)(H,19,20,22)/t11-/m0/s1. The van der Waals surface area contributed by atoms with E-state index in [4.69, 9.17) is 4.74 Å². The van der Waals surface area contributed by atoms with Crippen molar-refractivity contribution >= 4 is 35.0 Å². The van der Waals surface area contributed by atoms with E-state index in [1.54, 1.807) is 47.8 Å². The SMILES string of the molecule is C[C@H](NC(=O)c1ccccc1)C(=O)OCC(=O)NC(=O)c1cccs1. The molecule has 0 aliphatic heterocycles. The summed E-state index contributed by atoms with van der Waals surface area (Å²) in [5.41, 5.74) is 0.404. The van der Waals surface area contributed by atoms with E-state index in [2.05, 4.69) is 10.6 Å². The predicted octanol–water partition coefficient (Wildman–Crippen LogP) is 1.37. The fraction of sp³-hybridized carbons (Fsp3) is 0.176. The highest BCUT2D eigenvalue weighted by molar-refractivity contribution is 7.12. The second kappa shape index (κ2) is 8.74. The summed E-state index contributed by atoms with van der Waals surface area (Å²) in [4.78, 5) is 47.4. The van der Waals surface area contributed by atoms with E-state index in [-0.39, 0.29) is 0 Å². The van der Waals surface area contributed by atoms with Gasteiger partial charge >= 0.3 is 5.97 Å². The summed E-state index contributed by atoms with van der Waals surface area (Å²) in [6, 6.07) is 10.7. The summed E-state index contributed by atoms with van der Waals surface area (Å²) < 4.78 is 4.81. The highest BCUT2D eigenvalue weighted by Crippen LogP contribution is 2.07. The van der Waals surface area contributed by atoms with Gasteiger partial charge in [-0.15, -0.1) is 11.3 Å². The Morgan fingerprint density at radius 3 is 2.40 bits per heavy atom. The number of ether oxygens (including phenoxy) is 1. The lowest BCUT2D eigenvalue weighted by Crippen LogP contribution is -2.41. The van der Waals surface area contributed by atoms with Crippen molar-refractivity contribution in [3.05, 3.63) is 58.3 Å². The second-order valence-electron chi connectivity index (χ2n) is 5.02. The summed E-state index contributed by atoms with van der Waals surface area (Å²) >= 11 is 1.19. The van der Waals surface area contributed by atoms with E-state index >= 15 is 0 Å². The Bertz CT molecular complexity index is 759. The minimum absolute atomic E-state index is 0.378. The molecule has 2 N–H and O–H groups in total. The smallest absolute Gasteiger partial charge is 0.328 e. The summed E-state index contributed by atoms with van der Waals surface area (Å²) in [6.45, 7) is 0.833. The Labute approximate surface area is 148 Å². The minimum Gasteiger partial charge on any atom is -0.454 e. The number of carbonyl (C=O) groups excluding carboxylic acids is 4. The van der Waals surface area contributed by atoms with Crippen molar-refractivity contribution in [2.45, 2.75) is 13.0 Å². The van der Waals surface area contributed by atoms with Crippen molar-refractivity contribution in [2.24, 2.45) is 0 Å². The Morgan fingerprint density at radius 2 is 1.76 bits per heavy atom. The van der Waals surface area contributed by atoms with E-state index in [1.165, 1.54) is 18.3 Å². The fourth-order valence-corrected chi connectivity index (χ4v) is 2.44. The number of hydrogen-bond donors (Lipinski definition) is 2. The quantitative estimate of drug-likeness (QED) is 0.758. The molecule has 7 nitrogen and oxygen atoms in total. The molecule has 1 heterocycles. The predicted molar refractivity (Wildman–Crippen MR) is 91.1 cm³/mol. The average molecular weight is 360 g/mol. The number of carbonyl (C=O) groups is 4. The van der Waals surface area contributed by atoms with Crippen LogP contribution < -0.4 is 10.6 Å². The van der Waals surface area contributed by atoms with Crippen molar-refractivity contribution in [2.75, 3.05) is 6.61 Å². The largest absolute Gasteiger partial charge is 0.454 e. The van der Waals surface area contributed by atoms with Crippen LogP contribution in [0, 0.1) is 0 Å². The van der Waals surface area contributed by atoms with Crippen molar-refractivity contribution in [1.82, 2.24) is 10.6 Å². The van der Waals surface area contributed by atoms with Gasteiger partial charge in [-0.1, -0.05) is 24.3 Å².